The Bertz CT molecular complexity index is 708. The summed E-state index contributed by atoms with van der Waals surface area (Å²) < 4.78 is 6.65. The lowest BCUT2D eigenvalue weighted by molar-refractivity contribution is 0.617. The van der Waals surface area contributed by atoms with E-state index in [-0.39, 0.29) is 0 Å². The molecule has 4 nitrogen and oxygen atoms in total. The van der Waals surface area contributed by atoms with Gasteiger partial charge in [-0.1, -0.05) is 6.07 Å². The number of oxazole rings is 1. The number of benzene rings is 1. The number of hydrogen-bond donors (Lipinski definition) is 1. The maximum absolute atomic E-state index is 5.76. The average molecular weight is 304 g/mol. The van der Waals surface area contributed by atoms with Crippen molar-refractivity contribution < 1.29 is 4.42 Å². The summed E-state index contributed by atoms with van der Waals surface area (Å²) in [5.41, 5.74) is 8.84. The van der Waals surface area contributed by atoms with Gasteiger partial charge in [0.15, 0.2) is 5.58 Å². The molecule has 0 amide bonds. The quantitative estimate of drug-likeness (QED) is 0.790. The molecule has 3 rings (SSSR count). The maximum atomic E-state index is 5.76. The van der Waals surface area contributed by atoms with Crippen LogP contribution in [0.25, 0.3) is 22.6 Å². The molecule has 0 radical (unpaired) electrons. The van der Waals surface area contributed by atoms with E-state index in [1.165, 1.54) is 0 Å². The first-order chi connectivity index (χ1) is 8.78. The van der Waals surface area contributed by atoms with Crippen molar-refractivity contribution in [1.82, 2.24) is 9.97 Å². The first-order valence-corrected chi connectivity index (χ1v) is 6.27. The van der Waals surface area contributed by atoms with Crippen LogP contribution >= 0.6 is 15.9 Å². The third-order valence-corrected chi connectivity index (χ3v) is 3.26. The molecule has 0 saturated carbocycles. The normalized spacial score (nSPS) is 11.0. The van der Waals surface area contributed by atoms with Crippen molar-refractivity contribution in [3.63, 3.8) is 0 Å². The van der Waals surface area contributed by atoms with Crippen LogP contribution in [0.3, 0.4) is 0 Å². The number of para-hydroxylation sites is 1. The predicted molar refractivity (Wildman–Crippen MR) is 72.8 cm³/mol. The van der Waals surface area contributed by atoms with Gasteiger partial charge in [0.25, 0.3) is 0 Å². The topological polar surface area (TPSA) is 64.9 Å². The molecule has 0 aliphatic carbocycles. The predicted octanol–water partition coefficient (Wildman–Crippen LogP) is 3.11. The highest BCUT2D eigenvalue weighted by molar-refractivity contribution is 9.10. The summed E-state index contributed by atoms with van der Waals surface area (Å²) in [5, 5.41) is 0. The summed E-state index contributed by atoms with van der Waals surface area (Å²) in [6, 6.07) is 9.51. The molecular weight excluding hydrogens is 294 g/mol. The fourth-order valence-electron chi connectivity index (χ4n) is 1.76. The molecule has 0 atom stereocenters. The maximum Gasteiger partial charge on any atom is 0.227 e. The van der Waals surface area contributed by atoms with Crippen LogP contribution in [0.2, 0.25) is 0 Å². The minimum Gasteiger partial charge on any atom is -0.435 e. The van der Waals surface area contributed by atoms with E-state index in [1.54, 1.807) is 6.20 Å². The third kappa shape index (κ3) is 1.91. The monoisotopic (exact) mass is 303 g/mol. The minimum atomic E-state index is 0.401. The Morgan fingerprint density at radius 3 is 2.94 bits per heavy atom. The zero-order valence-corrected chi connectivity index (χ0v) is 11.0. The molecule has 0 fully saturated rings. The summed E-state index contributed by atoms with van der Waals surface area (Å²) in [4.78, 5) is 8.61. The van der Waals surface area contributed by atoms with Gasteiger partial charge < -0.3 is 10.2 Å². The van der Waals surface area contributed by atoms with Gasteiger partial charge in [-0.05, 0) is 40.2 Å². The molecule has 2 aromatic heterocycles. The van der Waals surface area contributed by atoms with Crippen LogP contribution in [0, 0.1) is 0 Å². The summed E-state index contributed by atoms with van der Waals surface area (Å²) >= 11 is 3.44. The van der Waals surface area contributed by atoms with Crippen molar-refractivity contribution in [3.05, 3.63) is 46.7 Å². The Hall–Kier alpha value is -1.72. The Kier molecular flexibility index (Phi) is 2.85. The molecule has 0 bridgehead atoms. The van der Waals surface area contributed by atoms with Gasteiger partial charge in [-0.25, -0.2) is 4.98 Å². The molecule has 2 heterocycles. The van der Waals surface area contributed by atoms with E-state index in [0.717, 1.165) is 26.8 Å². The van der Waals surface area contributed by atoms with Gasteiger partial charge >= 0.3 is 0 Å². The molecule has 0 aliphatic rings. The van der Waals surface area contributed by atoms with Crippen molar-refractivity contribution in [3.8, 4) is 11.5 Å². The van der Waals surface area contributed by atoms with Crippen molar-refractivity contribution in [2.75, 3.05) is 0 Å². The van der Waals surface area contributed by atoms with Crippen LogP contribution in [-0.2, 0) is 6.54 Å². The Labute approximate surface area is 112 Å². The van der Waals surface area contributed by atoms with E-state index >= 15 is 0 Å². The molecule has 5 heteroatoms. The fourth-order valence-corrected chi connectivity index (χ4v) is 2.20. The van der Waals surface area contributed by atoms with Gasteiger partial charge in [-0.15, -0.1) is 0 Å². The van der Waals surface area contributed by atoms with Crippen LogP contribution in [0.5, 0.6) is 0 Å². The first kappa shape index (κ1) is 11.4. The number of hydrogen-bond acceptors (Lipinski definition) is 4. The number of nitrogens with two attached hydrogens (primary N) is 1. The summed E-state index contributed by atoms with van der Waals surface area (Å²) in [7, 11) is 0. The summed E-state index contributed by atoms with van der Waals surface area (Å²) in [6.07, 6.45) is 1.71. The van der Waals surface area contributed by atoms with E-state index in [1.807, 2.05) is 30.3 Å². The smallest absolute Gasteiger partial charge is 0.227 e. The Morgan fingerprint density at radius 1 is 1.28 bits per heavy atom. The number of aromatic nitrogens is 2. The molecule has 0 aliphatic heterocycles. The standard InChI is InChI=1S/C13H10BrN3O/c14-10-2-1-3-11-12(10)18-13(17-11)8-4-5-16-9(6-8)7-15/h1-6H,7,15H2. The number of fused-ring (bicyclic) bond motifs is 1. The van der Waals surface area contributed by atoms with E-state index < -0.39 is 0 Å². The van der Waals surface area contributed by atoms with Gasteiger partial charge in [0.1, 0.15) is 5.52 Å². The highest BCUT2D eigenvalue weighted by Crippen LogP contribution is 2.29. The SMILES string of the molecule is NCc1cc(-c2nc3cccc(Br)c3o2)ccn1. The van der Waals surface area contributed by atoms with Crippen molar-refractivity contribution in [1.29, 1.82) is 0 Å². The molecule has 2 N–H and O–H groups in total. The molecule has 1 aromatic carbocycles. The second kappa shape index (κ2) is 4.51. The van der Waals surface area contributed by atoms with E-state index in [2.05, 4.69) is 25.9 Å². The molecule has 90 valence electrons. The second-order valence-corrected chi connectivity index (χ2v) is 4.70. The highest BCUT2D eigenvalue weighted by Gasteiger charge is 2.10. The van der Waals surface area contributed by atoms with Gasteiger partial charge in [0.05, 0.1) is 10.2 Å². The van der Waals surface area contributed by atoms with Crippen molar-refractivity contribution >= 4 is 27.0 Å². The fraction of sp³-hybridized carbons (Fsp3) is 0.0769. The molecular formula is C13H10BrN3O. The second-order valence-electron chi connectivity index (χ2n) is 3.85. The Balaban J connectivity index is 2.16. The molecule has 0 spiro atoms. The number of rotatable bonds is 2. The minimum absolute atomic E-state index is 0.401. The van der Waals surface area contributed by atoms with Gasteiger partial charge in [0.2, 0.25) is 5.89 Å². The average Bonchev–Trinajstić information content (AvgIpc) is 2.84. The van der Waals surface area contributed by atoms with E-state index in [4.69, 9.17) is 10.2 Å². The molecule has 3 aromatic rings. The number of halogens is 1. The van der Waals surface area contributed by atoms with Gasteiger partial charge in [0, 0.05) is 18.3 Å². The number of pyridine rings is 1. The summed E-state index contributed by atoms with van der Waals surface area (Å²) in [6.45, 7) is 0.401. The van der Waals surface area contributed by atoms with Gasteiger partial charge in [-0.2, -0.15) is 0 Å². The van der Waals surface area contributed by atoms with Gasteiger partial charge in [-0.3, -0.25) is 4.98 Å². The van der Waals surface area contributed by atoms with Crippen molar-refractivity contribution in [2.45, 2.75) is 6.54 Å². The van der Waals surface area contributed by atoms with Crippen LogP contribution in [0.15, 0.2) is 45.4 Å². The lowest BCUT2D eigenvalue weighted by Gasteiger charge is -1.98. The molecule has 0 saturated heterocycles. The molecule has 0 unspecified atom stereocenters. The van der Waals surface area contributed by atoms with Crippen LogP contribution in [0.1, 0.15) is 5.69 Å². The first-order valence-electron chi connectivity index (χ1n) is 5.48. The highest BCUT2D eigenvalue weighted by atomic mass is 79.9. The largest absolute Gasteiger partial charge is 0.435 e. The molecule has 18 heavy (non-hydrogen) atoms. The lowest BCUT2D eigenvalue weighted by atomic mass is 10.2. The summed E-state index contributed by atoms with van der Waals surface area (Å²) in [5.74, 6) is 0.578. The zero-order valence-electron chi connectivity index (χ0n) is 9.43. The van der Waals surface area contributed by atoms with Crippen LogP contribution < -0.4 is 5.73 Å². The van der Waals surface area contributed by atoms with E-state index in [0.29, 0.717) is 12.4 Å². The van der Waals surface area contributed by atoms with E-state index in [9.17, 15) is 0 Å². The third-order valence-electron chi connectivity index (χ3n) is 2.64. The number of nitrogens with zero attached hydrogens (tertiary/aromatic N) is 2. The lowest BCUT2D eigenvalue weighted by Crippen LogP contribution is -1.98. The Morgan fingerprint density at radius 2 is 2.17 bits per heavy atom. The van der Waals surface area contributed by atoms with Crippen LogP contribution in [0.4, 0.5) is 0 Å². The van der Waals surface area contributed by atoms with Crippen LogP contribution in [-0.4, -0.2) is 9.97 Å². The van der Waals surface area contributed by atoms with Crippen molar-refractivity contribution in [2.24, 2.45) is 5.73 Å². The zero-order chi connectivity index (χ0) is 12.5.